The van der Waals surface area contributed by atoms with E-state index in [9.17, 15) is 19.2 Å². The van der Waals surface area contributed by atoms with Crippen LogP contribution in [0.25, 0.3) is 0 Å². The Morgan fingerprint density at radius 3 is 2.19 bits per heavy atom. The molecule has 0 aromatic rings. The van der Waals surface area contributed by atoms with Gasteiger partial charge in [0.05, 0.1) is 12.1 Å². The second kappa shape index (κ2) is 12.3. The van der Waals surface area contributed by atoms with E-state index in [-0.39, 0.29) is 29.6 Å². The van der Waals surface area contributed by atoms with Crippen molar-refractivity contribution in [2.24, 2.45) is 5.73 Å². The van der Waals surface area contributed by atoms with Crippen LogP contribution in [0.3, 0.4) is 0 Å². The third-order valence-corrected chi connectivity index (χ3v) is 4.46. The van der Waals surface area contributed by atoms with Crippen molar-refractivity contribution in [1.82, 2.24) is 21.3 Å². The number of nitrogens with two attached hydrogens (primary N) is 1. The van der Waals surface area contributed by atoms with Gasteiger partial charge in [0, 0.05) is 18.5 Å². The maximum atomic E-state index is 12.4. The Morgan fingerprint density at radius 1 is 1.07 bits per heavy atom. The molecule has 4 amide bonds. The molecule has 0 rings (SSSR count). The lowest BCUT2D eigenvalue weighted by Gasteiger charge is -2.25. The summed E-state index contributed by atoms with van der Waals surface area (Å²) in [4.78, 5) is 46.9. The average Bonchev–Trinajstić information content (AvgIpc) is 2.57. The molecule has 0 saturated carbocycles. The molecule has 0 aromatic heterocycles. The van der Waals surface area contributed by atoms with Crippen LogP contribution in [0.1, 0.15) is 59.8 Å². The standard InChI is InChI=1S/C18H35N5O4/c1-6-18(3,4)23-15(25)10-9-14(20-5)16(26)22-13(12(2)24)8-7-11-21-17(19)27/h13-14,20H,6-11H2,1-5H3,(H,22,26)(H,23,25)(H3,19,21,27). The lowest BCUT2D eigenvalue weighted by atomic mass is 10.0. The zero-order valence-corrected chi connectivity index (χ0v) is 17.1. The predicted molar refractivity (Wildman–Crippen MR) is 104 cm³/mol. The highest BCUT2D eigenvalue weighted by molar-refractivity contribution is 5.90. The molecule has 0 saturated heterocycles. The van der Waals surface area contributed by atoms with E-state index in [1.807, 2.05) is 20.8 Å². The number of likely N-dealkylation sites (N-methyl/N-ethyl adjacent to an activating group) is 1. The SMILES string of the molecule is CCC(C)(C)NC(=O)CCC(NC)C(=O)NC(CCCNC(N)=O)C(C)=O. The topological polar surface area (TPSA) is 142 Å². The van der Waals surface area contributed by atoms with Crippen LogP contribution >= 0.6 is 0 Å². The monoisotopic (exact) mass is 385 g/mol. The summed E-state index contributed by atoms with van der Waals surface area (Å²) >= 11 is 0. The first-order valence-corrected chi connectivity index (χ1v) is 9.34. The Bertz CT molecular complexity index is 522. The van der Waals surface area contributed by atoms with Gasteiger partial charge in [0.15, 0.2) is 5.78 Å². The Balaban J connectivity index is 4.54. The number of hydrogen-bond acceptors (Lipinski definition) is 5. The molecule has 2 unspecified atom stereocenters. The highest BCUT2D eigenvalue weighted by Crippen LogP contribution is 2.08. The largest absolute Gasteiger partial charge is 0.352 e. The third-order valence-electron chi connectivity index (χ3n) is 4.46. The number of amides is 4. The summed E-state index contributed by atoms with van der Waals surface area (Å²) in [5, 5.41) is 11.0. The number of Topliss-reactive ketones (excluding diaryl/α,β-unsaturated/α-hetero) is 1. The third kappa shape index (κ3) is 11.2. The normalized spacial score (nSPS) is 13.4. The summed E-state index contributed by atoms with van der Waals surface area (Å²) in [6.07, 6.45) is 2.23. The summed E-state index contributed by atoms with van der Waals surface area (Å²) < 4.78 is 0. The second-order valence-electron chi connectivity index (χ2n) is 7.27. The van der Waals surface area contributed by atoms with Crippen molar-refractivity contribution in [3.05, 3.63) is 0 Å². The van der Waals surface area contributed by atoms with Gasteiger partial charge in [-0.2, -0.15) is 0 Å². The molecule has 0 heterocycles. The molecule has 0 spiro atoms. The van der Waals surface area contributed by atoms with Crippen LogP contribution in [0.4, 0.5) is 4.79 Å². The molecule has 156 valence electrons. The minimum Gasteiger partial charge on any atom is -0.352 e. The predicted octanol–water partition coefficient (Wildman–Crippen LogP) is 0.182. The summed E-state index contributed by atoms with van der Waals surface area (Å²) in [5.41, 5.74) is 4.70. The van der Waals surface area contributed by atoms with E-state index < -0.39 is 18.1 Å². The first-order chi connectivity index (χ1) is 12.5. The molecule has 9 nitrogen and oxygen atoms in total. The fourth-order valence-electron chi connectivity index (χ4n) is 2.38. The number of ketones is 1. The lowest BCUT2D eigenvalue weighted by molar-refractivity contribution is -0.129. The quantitative estimate of drug-likeness (QED) is 0.288. The Labute approximate surface area is 161 Å². The molecular formula is C18H35N5O4. The van der Waals surface area contributed by atoms with E-state index in [0.717, 1.165) is 6.42 Å². The highest BCUT2D eigenvalue weighted by atomic mass is 16.2. The van der Waals surface area contributed by atoms with Crippen LogP contribution < -0.4 is 27.0 Å². The van der Waals surface area contributed by atoms with E-state index in [2.05, 4.69) is 21.3 Å². The number of urea groups is 1. The first-order valence-electron chi connectivity index (χ1n) is 9.34. The number of hydrogen-bond donors (Lipinski definition) is 5. The molecule has 0 radical (unpaired) electrons. The van der Waals surface area contributed by atoms with E-state index in [1.54, 1.807) is 7.05 Å². The van der Waals surface area contributed by atoms with Gasteiger partial charge in [-0.05, 0) is 53.5 Å². The molecule has 0 fully saturated rings. The van der Waals surface area contributed by atoms with E-state index >= 15 is 0 Å². The fourth-order valence-corrected chi connectivity index (χ4v) is 2.38. The lowest BCUT2D eigenvalue weighted by Crippen LogP contribution is -2.50. The summed E-state index contributed by atoms with van der Waals surface area (Å²) in [7, 11) is 1.64. The second-order valence-corrected chi connectivity index (χ2v) is 7.27. The highest BCUT2D eigenvalue weighted by Gasteiger charge is 2.24. The van der Waals surface area contributed by atoms with Crippen molar-refractivity contribution < 1.29 is 19.2 Å². The number of nitrogens with one attached hydrogen (secondary N) is 4. The Kier molecular flexibility index (Phi) is 11.3. The molecule has 6 N–H and O–H groups in total. The number of carbonyl (C=O) groups excluding carboxylic acids is 4. The van der Waals surface area contributed by atoms with Gasteiger partial charge in [-0.1, -0.05) is 6.92 Å². The zero-order chi connectivity index (χ0) is 21.0. The van der Waals surface area contributed by atoms with E-state index in [1.165, 1.54) is 6.92 Å². The summed E-state index contributed by atoms with van der Waals surface area (Å²) in [5.74, 6) is -0.613. The molecule has 2 atom stereocenters. The Hall–Kier alpha value is -2.16. The van der Waals surface area contributed by atoms with Gasteiger partial charge in [0.25, 0.3) is 0 Å². The zero-order valence-electron chi connectivity index (χ0n) is 17.1. The Morgan fingerprint density at radius 2 is 1.70 bits per heavy atom. The van der Waals surface area contributed by atoms with E-state index in [4.69, 9.17) is 5.73 Å². The van der Waals surface area contributed by atoms with Gasteiger partial charge in [-0.15, -0.1) is 0 Å². The smallest absolute Gasteiger partial charge is 0.312 e. The van der Waals surface area contributed by atoms with Crippen LogP contribution in [-0.4, -0.2) is 54.8 Å². The maximum Gasteiger partial charge on any atom is 0.312 e. The molecule has 27 heavy (non-hydrogen) atoms. The molecular weight excluding hydrogens is 350 g/mol. The summed E-state index contributed by atoms with van der Waals surface area (Å²) in [6, 6.07) is -1.85. The molecule has 0 bridgehead atoms. The number of carbonyl (C=O) groups is 4. The van der Waals surface area contributed by atoms with Crippen LogP contribution in [-0.2, 0) is 14.4 Å². The molecule has 0 aromatic carbocycles. The van der Waals surface area contributed by atoms with Crippen LogP contribution in [0.15, 0.2) is 0 Å². The van der Waals surface area contributed by atoms with Crippen LogP contribution in [0, 0.1) is 0 Å². The van der Waals surface area contributed by atoms with Crippen LogP contribution in [0.2, 0.25) is 0 Å². The molecule has 0 aliphatic carbocycles. The molecule has 0 aliphatic heterocycles. The minimum absolute atomic E-state index is 0.115. The average molecular weight is 386 g/mol. The van der Waals surface area contributed by atoms with Crippen molar-refractivity contribution in [2.75, 3.05) is 13.6 Å². The van der Waals surface area contributed by atoms with Crippen molar-refractivity contribution in [1.29, 1.82) is 0 Å². The fraction of sp³-hybridized carbons (Fsp3) is 0.778. The van der Waals surface area contributed by atoms with Gasteiger partial charge in [-0.3, -0.25) is 14.4 Å². The van der Waals surface area contributed by atoms with Crippen LogP contribution in [0.5, 0.6) is 0 Å². The first kappa shape index (κ1) is 24.8. The van der Waals surface area contributed by atoms with Gasteiger partial charge in [-0.25, -0.2) is 4.79 Å². The molecule has 9 heteroatoms. The minimum atomic E-state index is -0.643. The number of primary amides is 1. The van der Waals surface area contributed by atoms with Gasteiger partial charge < -0.3 is 27.0 Å². The van der Waals surface area contributed by atoms with Gasteiger partial charge in [0.1, 0.15) is 0 Å². The van der Waals surface area contributed by atoms with Gasteiger partial charge >= 0.3 is 6.03 Å². The van der Waals surface area contributed by atoms with Crippen molar-refractivity contribution >= 4 is 23.6 Å². The van der Waals surface area contributed by atoms with Crippen molar-refractivity contribution in [3.63, 3.8) is 0 Å². The number of rotatable bonds is 13. The maximum absolute atomic E-state index is 12.4. The van der Waals surface area contributed by atoms with Crippen molar-refractivity contribution in [3.8, 4) is 0 Å². The van der Waals surface area contributed by atoms with E-state index in [0.29, 0.717) is 25.8 Å². The van der Waals surface area contributed by atoms with Gasteiger partial charge in [0.2, 0.25) is 11.8 Å². The van der Waals surface area contributed by atoms with Crippen molar-refractivity contribution in [2.45, 2.75) is 77.4 Å². The molecule has 0 aliphatic rings. The summed E-state index contributed by atoms with van der Waals surface area (Å²) in [6.45, 7) is 7.61.